The molecule has 6 heteroatoms. The molecular formula is C18H27NO4S. The van der Waals surface area contributed by atoms with Gasteiger partial charge in [0.1, 0.15) is 5.75 Å². The van der Waals surface area contributed by atoms with E-state index in [1.807, 2.05) is 38.1 Å². The van der Waals surface area contributed by atoms with Crippen LogP contribution in [0.25, 0.3) is 0 Å². The molecule has 0 bridgehead atoms. The maximum absolute atomic E-state index is 12.2. The Hall–Kier alpha value is -1.56. The number of hydrogen-bond acceptors (Lipinski definition) is 4. The molecule has 134 valence electrons. The Balaban J connectivity index is 1.86. The van der Waals surface area contributed by atoms with Gasteiger partial charge in [0.05, 0.1) is 23.7 Å². The Morgan fingerprint density at radius 3 is 2.71 bits per heavy atom. The monoisotopic (exact) mass is 353 g/mol. The average Bonchev–Trinajstić information content (AvgIpc) is 3.09. The lowest BCUT2D eigenvalue weighted by atomic mass is 10.1. The fourth-order valence-corrected chi connectivity index (χ4v) is 4.94. The summed E-state index contributed by atoms with van der Waals surface area (Å²) in [5.74, 6) is 0.473. The molecule has 1 aromatic carbocycles. The van der Waals surface area contributed by atoms with Crippen molar-refractivity contribution >= 4 is 15.7 Å². The van der Waals surface area contributed by atoms with Gasteiger partial charge in [-0.3, -0.25) is 4.79 Å². The summed E-state index contributed by atoms with van der Waals surface area (Å²) in [6.45, 7) is 4.39. The molecule has 0 heterocycles. The van der Waals surface area contributed by atoms with Gasteiger partial charge in [-0.2, -0.15) is 0 Å². The molecule has 0 aliphatic heterocycles. The first-order valence-corrected chi connectivity index (χ1v) is 10.4. The van der Waals surface area contributed by atoms with Crippen LogP contribution in [0.2, 0.25) is 0 Å². The minimum absolute atomic E-state index is 0.0221. The molecule has 1 atom stereocenters. The second-order valence-corrected chi connectivity index (χ2v) is 8.72. The molecule has 0 saturated heterocycles. The van der Waals surface area contributed by atoms with Crippen LogP contribution >= 0.6 is 0 Å². The van der Waals surface area contributed by atoms with E-state index in [9.17, 15) is 13.2 Å². The molecule has 1 aliphatic carbocycles. The van der Waals surface area contributed by atoms with Crippen molar-refractivity contribution in [3.05, 3.63) is 29.8 Å². The van der Waals surface area contributed by atoms with Gasteiger partial charge in [-0.25, -0.2) is 8.42 Å². The number of benzene rings is 1. The maximum Gasteiger partial charge on any atom is 0.221 e. The van der Waals surface area contributed by atoms with Crippen LogP contribution in [-0.4, -0.2) is 31.9 Å². The molecule has 0 radical (unpaired) electrons. The van der Waals surface area contributed by atoms with Gasteiger partial charge < -0.3 is 10.1 Å². The van der Waals surface area contributed by atoms with E-state index in [1.165, 1.54) is 0 Å². The third-order valence-electron chi connectivity index (χ3n) is 4.47. The van der Waals surface area contributed by atoms with Gasteiger partial charge in [-0.1, -0.05) is 25.0 Å². The van der Waals surface area contributed by atoms with E-state index in [0.29, 0.717) is 6.61 Å². The van der Waals surface area contributed by atoms with Crippen LogP contribution in [0.15, 0.2) is 24.3 Å². The Morgan fingerprint density at radius 1 is 1.33 bits per heavy atom. The van der Waals surface area contributed by atoms with E-state index in [0.717, 1.165) is 37.0 Å². The lowest BCUT2D eigenvalue weighted by Gasteiger charge is -2.16. The average molecular weight is 353 g/mol. The van der Waals surface area contributed by atoms with E-state index in [4.69, 9.17) is 4.74 Å². The van der Waals surface area contributed by atoms with Crippen molar-refractivity contribution in [2.75, 3.05) is 12.4 Å². The van der Waals surface area contributed by atoms with Gasteiger partial charge in [0.25, 0.3) is 0 Å². The molecule has 24 heavy (non-hydrogen) atoms. The van der Waals surface area contributed by atoms with E-state index in [2.05, 4.69) is 5.32 Å². The lowest BCUT2D eigenvalue weighted by Crippen LogP contribution is -2.30. The highest BCUT2D eigenvalue weighted by Crippen LogP contribution is 2.25. The molecule has 1 saturated carbocycles. The van der Waals surface area contributed by atoms with Crippen LogP contribution in [0.5, 0.6) is 5.75 Å². The first kappa shape index (κ1) is 18.8. The summed E-state index contributed by atoms with van der Waals surface area (Å²) in [7, 11) is -3.15. The van der Waals surface area contributed by atoms with Crippen LogP contribution in [0, 0.1) is 0 Å². The van der Waals surface area contributed by atoms with E-state index in [-0.39, 0.29) is 29.4 Å². The molecule has 1 aliphatic rings. The van der Waals surface area contributed by atoms with Crippen molar-refractivity contribution in [2.45, 2.75) is 57.2 Å². The second kappa shape index (κ2) is 8.51. The molecule has 5 nitrogen and oxygen atoms in total. The quantitative estimate of drug-likeness (QED) is 0.780. The van der Waals surface area contributed by atoms with Gasteiger partial charge in [-0.15, -0.1) is 0 Å². The Morgan fingerprint density at radius 2 is 2.04 bits per heavy atom. The number of carbonyl (C=O) groups excluding carboxylic acids is 1. The molecule has 1 aromatic rings. The first-order chi connectivity index (χ1) is 11.4. The van der Waals surface area contributed by atoms with Gasteiger partial charge in [0.2, 0.25) is 5.91 Å². The zero-order valence-electron chi connectivity index (χ0n) is 14.5. The lowest BCUT2D eigenvalue weighted by molar-refractivity contribution is -0.121. The summed E-state index contributed by atoms with van der Waals surface area (Å²) >= 11 is 0. The van der Waals surface area contributed by atoms with Crippen LogP contribution in [0.4, 0.5) is 0 Å². The van der Waals surface area contributed by atoms with E-state index in [1.54, 1.807) is 0 Å². The molecule has 1 fully saturated rings. The van der Waals surface area contributed by atoms with Gasteiger partial charge >= 0.3 is 0 Å². The van der Waals surface area contributed by atoms with Gasteiger partial charge in [0, 0.05) is 6.42 Å². The summed E-state index contributed by atoms with van der Waals surface area (Å²) in [6.07, 6.45) is 3.45. The summed E-state index contributed by atoms with van der Waals surface area (Å²) in [6, 6.07) is 7.38. The van der Waals surface area contributed by atoms with Crippen molar-refractivity contribution in [3.8, 4) is 5.75 Å². The topological polar surface area (TPSA) is 72.5 Å². The number of ether oxygens (including phenoxy) is 1. The van der Waals surface area contributed by atoms with Gasteiger partial charge in [0.15, 0.2) is 9.84 Å². The predicted molar refractivity (Wildman–Crippen MR) is 94.8 cm³/mol. The zero-order valence-corrected chi connectivity index (χ0v) is 15.3. The summed E-state index contributed by atoms with van der Waals surface area (Å²) in [5, 5.41) is 2.62. The normalized spacial score (nSPS) is 16.8. The van der Waals surface area contributed by atoms with Crippen molar-refractivity contribution in [3.63, 3.8) is 0 Å². The predicted octanol–water partition coefficient (Wildman–Crippen LogP) is 3.01. The molecular weight excluding hydrogens is 326 g/mol. The molecule has 0 aromatic heterocycles. The minimum Gasteiger partial charge on any atom is -0.494 e. The number of nitrogens with one attached hydrogen (secondary N) is 1. The van der Waals surface area contributed by atoms with Crippen LogP contribution in [-0.2, 0) is 14.6 Å². The van der Waals surface area contributed by atoms with E-state index < -0.39 is 9.84 Å². The van der Waals surface area contributed by atoms with Crippen molar-refractivity contribution < 1.29 is 17.9 Å². The smallest absolute Gasteiger partial charge is 0.221 e. The minimum atomic E-state index is -3.15. The van der Waals surface area contributed by atoms with Crippen LogP contribution in [0.1, 0.15) is 57.6 Å². The number of rotatable bonds is 8. The van der Waals surface area contributed by atoms with Crippen LogP contribution < -0.4 is 10.1 Å². The fourth-order valence-electron chi connectivity index (χ4n) is 3.09. The number of carbonyl (C=O) groups is 1. The van der Waals surface area contributed by atoms with Crippen molar-refractivity contribution in [2.24, 2.45) is 0 Å². The molecule has 1 N–H and O–H groups in total. The third kappa shape index (κ3) is 5.23. The number of sulfone groups is 1. The SMILES string of the molecule is CCOc1cccc(C(C)NC(=O)CCS(=O)(=O)C2CCCC2)c1. The van der Waals surface area contributed by atoms with Crippen LogP contribution in [0.3, 0.4) is 0 Å². The molecule has 2 rings (SSSR count). The van der Waals surface area contributed by atoms with Crippen molar-refractivity contribution in [1.29, 1.82) is 0 Å². The molecule has 1 unspecified atom stereocenters. The van der Waals surface area contributed by atoms with Gasteiger partial charge in [-0.05, 0) is 44.4 Å². The third-order valence-corrected chi connectivity index (χ3v) is 6.73. The zero-order chi connectivity index (χ0) is 17.6. The Bertz CT molecular complexity index is 651. The highest BCUT2D eigenvalue weighted by molar-refractivity contribution is 7.92. The Labute approximate surface area is 144 Å². The fraction of sp³-hybridized carbons (Fsp3) is 0.611. The second-order valence-electron chi connectivity index (χ2n) is 6.32. The van der Waals surface area contributed by atoms with Crippen molar-refractivity contribution in [1.82, 2.24) is 5.32 Å². The molecule has 0 spiro atoms. The summed E-state index contributed by atoms with van der Waals surface area (Å²) in [5.41, 5.74) is 0.938. The summed E-state index contributed by atoms with van der Waals surface area (Å²) in [4.78, 5) is 12.1. The largest absolute Gasteiger partial charge is 0.494 e. The summed E-state index contributed by atoms with van der Waals surface area (Å²) < 4.78 is 29.9. The first-order valence-electron chi connectivity index (χ1n) is 8.66. The number of amides is 1. The highest BCUT2D eigenvalue weighted by Gasteiger charge is 2.29. The molecule has 1 amide bonds. The van der Waals surface area contributed by atoms with E-state index >= 15 is 0 Å². The number of hydrogen-bond donors (Lipinski definition) is 1. The Kier molecular flexibility index (Phi) is 6.66. The maximum atomic E-state index is 12.2. The highest BCUT2D eigenvalue weighted by atomic mass is 32.2. The standard InChI is InChI=1S/C18H27NO4S/c1-3-23-16-8-6-7-15(13-16)14(2)19-18(20)11-12-24(21,22)17-9-4-5-10-17/h6-8,13-14,17H,3-5,9-12H2,1-2H3,(H,19,20).